The fourth-order valence-electron chi connectivity index (χ4n) is 1.04. The number of hydrogen-bond acceptors (Lipinski definition) is 4. The third-order valence-corrected chi connectivity index (χ3v) is 11.0. The van der Waals surface area contributed by atoms with Gasteiger partial charge in [0.25, 0.3) is 0 Å². The molecule has 13 heavy (non-hydrogen) atoms. The van der Waals surface area contributed by atoms with Crippen LogP contribution in [-0.4, -0.2) is 45.6 Å². The van der Waals surface area contributed by atoms with Gasteiger partial charge in [-0.1, -0.05) is 0 Å². The van der Waals surface area contributed by atoms with Crippen LogP contribution in [0.2, 0.25) is 18.8 Å². The molecular weight excluding hydrogens is 204 g/mol. The van der Waals surface area contributed by atoms with E-state index in [1.807, 2.05) is 13.1 Å². The van der Waals surface area contributed by atoms with Gasteiger partial charge in [0, 0.05) is 34.1 Å². The van der Waals surface area contributed by atoms with Crippen LogP contribution in [0.5, 0.6) is 0 Å². The summed E-state index contributed by atoms with van der Waals surface area (Å²) in [7, 11) is 2.58. The van der Waals surface area contributed by atoms with Crippen LogP contribution >= 0.6 is 0 Å². The summed E-state index contributed by atoms with van der Waals surface area (Å²) in [4.78, 5) is 0. The van der Waals surface area contributed by atoms with E-state index in [1.54, 1.807) is 28.4 Å². The summed E-state index contributed by atoms with van der Waals surface area (Å²) in [6, 6.07) is 0. The third-order valence-electron chi connectivity index (χ3n) is 2.37. The highest BCUT2D eigenvalue weighted by Crippen LogP contribution is 2.21. The van der Waals surface area contributed by atoms with Crippen molar-refractivity contribution >= 4 is 17.1 Å². The second-order valence-corrected chi connectivity index (χ2v) is 10.8. The molecule has 6 heteroatoms. The summed E-state index contributed by atoms with van der Waals surface area (Å²) in [6.45, 7) is 4.02. The van der Waals surface area contributed by atoms with Crippen molar-refractivity contribution in [3.05, 3.63) is 0 Å². The first-order valence-electron chi connectivity index (χ1n) is 4.16. The van der Waals surface area contributed by atoms with Gasteiger partial charge in [0.15, 0.2) is 0 Å². The lowest BCUT2D eigenvalue weighted by Crippen LogP contribution is -2.49. The quantitative estimate of drug-likeness (QED) is 0.637. The Morgan fingerprint density at radius 1 is 0.692 bits per heavy atom. The molecule has 0 fully saturated rings. The zero-order chi connectivity index (χ0) is 10.5. The highest BCUT2D eigenvalue weighted by molar-refractivity contribution is 6.84. The first kappa shape index (κ1) is 13.3. The van der Waals surface area contributed by atoms with E-state index in [-0.39, 0.29) is 0 Å². The maximum Gasteiger partial charge on any atom is 0.336 e. The van der Waals surface area contributed by atoms with E-state index in [2.05, 4.69) is 0 Å². The van der Waals surface area contributed by atoms with E-state index in [0.29, 0.717) is 0 Å². The molecule has 0 rings (SSSR count). The molecule has 0 amide bonds. The smallest absolute Gasteiger partial charge is 0.336 e. The summed E-state index contributed by atoms with van der Waals surface area (Å²) in [5, 5.41) is 0. The summed E-state index contributed by atoms with van der Waals surface area (Å²) < 4.78 is 21.5. The van der Waals surface area contributed by atoms with E-state index in [4.69, 9.17) is 17.7 Å². The lowest BCUT2D eigenvalue weighted by Gasteiger charge is -2.31. The standard InChI is InChI=1S/C7H20O4Si2/c1-8-12(5,9-2)7-13(6,10-3)11-4/h7H2,1-6H3. The van der Waals surface area contributed by atoms with Crippen LogP contribution in [0.3, 0.4) is 0 Å². The molecule has 0 saturated carbocycles. The summed E-state index contributed by atoms with van der Waals surface area (Å²) in [5.41, 5.74) is 0.778. The van der Waals surface area contributed by atoms with Crippen molar-refractivity contribution < 1.29 is 17.7 Å². The van der Waals surface area contributed by atoms with Crippen LogP contribution < -0.4 is 0 Å². The fraction of sp³-hybridized carbons (Fsp3) is 1.00. The Bertz CT molecular complexity index is 129. The summed E-state index contributed by atoms with van der Waals surface area (Å²) in [6.07, 6.45) is 0. The van der Waals surface area contributed by atoms with Gasteiger partial charge >= 0.3 is 17.1 Å². The van der Waals surface area contributed by atoms with Crippen LogP contribution in [0.4, 0.5) is 0 Å². The SMILES string of the molecule is CO[Si](C)(C[Si](C)(OC)OC)OC. The molecule has 0 aliphatic heterocycles. The Morgan fingerprint density at radius 2 is 0.923 bits per heavy atom. The summed E-state index contributed by atoms with van der Waals surface area (Å²) in [5.74, 6) is 0. The van der Waals surface area contributed by atoms with Gasteiger partial charge < -0.3 is 17.7 Å². The first-order valence-corrected chi connectivity index (χ1v) is 9.20. The molecule has 80 valence electrons. The molecule has 0 aromatic carbocycles. The van der Waals surface area contributed by atoms with Gasteiger partial charge in [0.1, 0.15) is 0 Å². The second kappa shape index (κ2) is 5.23. The van der Waals surface area contributed by atoms with Crippen LogP contribution in [0.25, 0.3) is 0 Å². The maximum atomic E-state index is 5.38. The van der Waals surface area contributed by atoms with Gasteiger partial charge in [-0.25, -0.2) is 0 Å². The van der Waals surface area contributed by atoms with Gasteiger partial charge in [0.05, 0.1) is 0 Å². The third kappa shape index (κ3) is 3.88. The van der Waals surface area contributed by atoms with Gasteiger partial charge in [0.2, 0.25) is 0 Å². The maximum absolute atomic E-state index is 5.38. The van der Waals surface area contributed by atoms with Crippen molar-refractivity contribution in [2.75, 3.05) is 28.4 Å². The van der Waals surface area contributed by atoms with Crippen LogP contribution in [0, 0.1) is 0 Å². The molecule has 0 radical (unpaired) electrons. The average molecular weight is 224 g/mol. The topological polar surface area (TPSA) is 36.9 Å². The Kier molecular flexibility index (Phi) is 5.34. The second-order valence-electron chi connectivity index (χ2n) is 3.26. The molecule has 0 bridgehead atoms. The van der Waals surface area contributed by atoms with Crippen molar-refractivity contribution in [3.63, 3.8) is 0 Å². The van der Waals surface area contributed by atoms with E-state index >= 15 is 0 Å². The molecule has 4 nitrogen and oxygen atoms in total. The van der Waals surface area contributed by atoms with Crippen LogP contribution in [0.15, 0.2) is 0 Å². The van der Waals surface area contributed by atoms with Crippen molar-refractivity contribution in [1.29, 1.82) is 0 Å². The Hall–Kier alpha value is 0.274. The normalized spacial score (nSPS) is 13.4. The molecule has 0 heterocycles. The van der Waals surface area contributed by atoms with Crippen molar-refractivity contribution in [2.45, 2.75) is 18.8 Å². The van der Waals surface area contributed by atoms with E-state index in [0.717, 1.165) is 5.67 Å². The zero-order valence-electron chi connectivity index (χ0n) is 9.34. The minimum absolute atomic E-state index is 0.778. The zero-order valence-corrected chi connectivity index (χ0v) is 11.3. The molecule has 0 spiro atoms. The predicted molar refractivity (Wildman–Crippen MR) is 56.1 cm³/mol. The molecule has 0 saturated heterocycles. The van der Waals surface area contributed by atoms with E-state index in [9.17, 15) is 0 Å². The van der Waals surface area contributed by atoms with Crippen molar-refractivity contribution in [2.24, 2.45) is 0 Å². The number of rotatable bonds is 6. The van der Waals surface area contributed by atoms with E-state index < -0.39 is 17.1 Å². The lowest BCUT2D eigenvalue weighted by molar-refractivity contribution is 0.227. The van der Waals surface area contributed by atoms with Crippen molar-refractivity contribution in [3.8, 4) is 0 Å². The van der Waals surface area contributed by atoms with Gasteiger partial charge in [-0.3, -0.25) is 0 Å². The minimum atomic E-state index is -2.06. The molecule has 0 aromatic heterocycles. The lowest BCUT2D eigenvalue weighted by atomic mass is 11.8. The highest BCUT2D eigenvalue weighted by Gasteiger charge is 2.42. The Balaban J connectivity index is 4.36. The van der Waals surface area contributed by atoms with Gasteiger partial charge in [-0.15, -0.1) is 0 Å². The van der Waals surface area contributed by atoms with Crippen LogP contribution in [0.1, 0.15) is 0 Å². The monoisotopic (exact) mass is 224 g/mol. The molecule has 0 aliphatic carbocycles. The highest BCUT2D eigenvalue weighted by atomic mass is 28.4. The molecule has 0 aromatic rings. The summed E-state index contributed by atoms with van der Waals surface area (Å²) >= 11 is 0. The molecular formula is C7H20O4Si2. The molecule has 0 N–H and O–H groups in total. The molecule has 0 aliphatic rings. The fourth-order valence-corrected chi connectivity index (χ4v) is 8.35. The molecule has 0 unspecified atom stereocenters. The predicted octanol–water partition coefficient (Wildman–Crippen LogP) is 1.26. The largest absolute Gasteiger partial charge is 0.398 e. The Morgan fingerprint density at radius 3 is 1.08 bits per heavy atom. The minimum Gasteiger partial charge on any atom is -0.398 e. The number of hydrogen-bond donors (Lipinski definition) is 0. The van der Waals surface area contributed by atoms with E-state index in [1.165, 1.54) is 0 Å². The average Bonchev–Trinajstić information content (AvgIpc) is 2.17. The van der Waals surface area contributed by atoms with Crippen LogP contribution in [-0.2, 0) is 17.7 Å². The van der Waals surface area contributed by atoms with Gasteiger partial charge in [-0.2, -0.15) is 0 Å². The van der Waals surface area contributed by atoms with Gasteiger partial charge in [-0.05, 0) is 13.1 Å². The first-order chi connectivity index (χ1) is 5.95. The van der Waals surface area contributed by atoms with Crippen molar-refractivity contribution in [1.82, 2.24) is 0 Å². The molecule has 0 atom stereocenters. The Labute approximate surface area is 82.6 Å².